The van der Waals surface area contributed by atoms with Crippen molar-refractivity contribution in [3.63, 3.8) is 0 Å². The van der Waals surface area contributed by atoms with E-state index >= 15 is 0 Å². The van der Waals surface area contributed by atoms with E-state index in [0.717, 1.165) is 37.4 Å². The molecule has 120 valence electrons. The Labute approximate surface area is 136 Å². The van der Waals surface area contributed by atoms with Gasteiger partial charge in [0, 0.05) is 24.3 Å². The molecule has 1 aromatic heterocycles. The van der Waals surface area contributed by atoms with E-state index in [2.05, 4.69) is 16.0 Å². The largest absolute Gasteiger partial charge is 0.496 e. The number of nitrogens with zero attached hydrogens (tertiary/aromatic N) is 2. The van der Waals surface area contributed by atoms with Gasteiger partial charge >= 0.3 is 0 Å². The predicted octanol–water partition coefficient (Wildman–Crippen LogP) is 2.40. The van der Waals surface area contributed by atoms with Crippen LogP contribution in [0.25, 0.3) is 0 Å². The van der Waals surface area contributed by atoms with Gasteiger partial charge in [0.05, 0.1) is 7.11 Å². The molecule has 0 aliphatic carbocycles. The fourth-order valence-corrected chi connectivity index (χ4v) is 3.20. The van der Waals surface area contributed by atoms with Crippen LogP contribution in [0.5, 0.6) is 5.75 Å². The Morgan fingerprint density at radius 2 is 2.22 bits per heavy atom. The van der Waals surface area contributed by atoms with E-state index < -0.39 is 5.91 Å². The summed E-state index contributed by atoms with van der Waals surface area (Å²) in [5.41, 5.74) is 7.07. The van der Waals surface area contributed by atoms with Gasteiger partial charge in [0.1, 0.15) is 11.6 Å². The van der Waals surface area contributed by atoms with E-state index in [1.165, 1.54) is 5.56 Å². The summed E-state index contributed by atoms with van der Waals surface area (Å²) < 4.78 is 5.45. The lowest BCUT2D eigenvalue weighted by molar-refractivity contribution is 0.1000. The number of pyridine rings is 1. The molecule has 0 spiro atoms. The SMILES string of the molecule is COc1ccccc1C[C@@H]1CCCN1c1cc(C(N)=O)ccn1. The molecule has 2 heterocycles. The van der Waals surface area contributed by atoms with Gasteiger partial charge in [0.25, 0.3) is 0 Å². The van der Waals surface area contributed by atoms with Crippen molar-refractivity contribution in [3.8, 4) is 5.75 Å². The second-order valence-electron chi connectivity index (χ2n) is 5.77. The van der Waals surface area contributed by atoms with Crippen LogP contribution in [-0.4, -0.2) is 30.6 Å². The lowest BCUT2D eigenvalue weighted by atomic mass is 10.0. The van der Waals surface area contributed by atoms with Crippen LogP contribution in [-0.2, 0) is 6.42 Å². The maximum atomic E-state index is 11.4. The third-order valence-corrected chi connectivity index (χ3v) is 4.35. The van der Waals surface area contributed by atoms with Crippen molar-refractivity contribution in [2.75, 3.05) is 18.6 Å². The smallest absolute Gasteiger partial charge is 0.248 e. The van der Waals surface area contributed by atoms with E-state index in [9.17, 15) is 4.79 Å². The lowest BCUT2D eigenvalue weighted by Crippen LogP contribution is -2.32. The van der Waals surface area contributed by atoms with Gasteiger partial charge in [0.2, 0.25) is 5.91 Å². The van der Waals surface area contributed by atoms with Gasteiger partial charge in [-0.1, -0.05) is 18.2 Å². The quantitative estimate of drug-likeness (QED) is 0.920. The average Bonchev–Trinajstić information content (AvgIpc) is 3.03. The van der Waals surface area contributed by atoms with Crippen molar-refractivity contribution in [3.05, 3.63) is 53.7 Å². The number of hydrogen-bond donors (Lipinski definition) is 1. The van der Waals surface area contributed by atoms with Crippen LogP contribution in [0, 0.1) is 0 Å². The standard InChI is InChI=1S/C18H21N3O2/c1-23-16-7-3-2-5-13(16)11-15-6-4-10-21(15)17-12-14(18(19)22)8-9-20-17/h2-3,5,7-9,12,15H,4,6,10-11H2,1H3,(H2,19,22)/t15-/m0/s1. The monoisotopic (exact) mass is 311 g/mol. The second kappa shape index (κ2) is 6.69. The van der Waals surface area contributed by atoms with E-state index in [1.54, 1.807) is 25.4 Å². The molecule has 1 fully saturated rings. The topological polar surface area (TPSA) is 68.5 Å². The first kappa shape index (κ1) is 15.3. The number of aromatic nitrogens is 1. The molecule has 1 saturated heterocycles. The number of hydrogen-bond acceptors (Lipinski definition) is 4. The van der Waals surface area contributed by atoms with Crippen molar-refractivity contribution < 1.29 is 9.53 Å². The number of nitrogens with two attached hydrogens (primary N) is 1. The number of amides is 1. The number of benzene rings is 1. The fraction of sp³-hybridized carbons (Fsp3) is 0.333. The van der Waals surface area contributed by atoms with Gasteiger partial charge in [-0.05, 0) is 43.0 Å². The zero-order valence-electron chi connectivity index (χ0n) is 13.2. The van der Waals surface area contributed by atoms with Gasteiger partial charge in [-0.3, -0.25) is 4.79 Å². The minimum atomic E-state index is -0.422. The molecule has 1 aromatic carbocycles. The summed E-state index contributed by atoms with van der Waals surface area (Å²) >= 11 is 0. The van der Waals surface area contributed by atoms with Crippen LogP contribution in [0.1, 0.15) is 28.8 Å². The van der Waals surface area contributed by atoms with Crippen LogP contribution in [0.2, 0.25) is 0 Å². The summed E-state index contributed by atoms with van der Waals surface area (Å²) in [6.07, 6.45) is 4.75. The highest BCUT2D eigenvalue weighted by Gasteiger charge is 2.27. The third kappa shape index (κ3) is 3.28. The maximum absolute atomic E-state index is 11.4. The lowest BCUT2D eigenvalue weighted by Gasteiger charge is -2.26. The van der Waals surface area contributed by atoms with Crippen LogP contribution in [0.15, 0.2) is 42.6 Å². The Kier molecular flexibility index (Phi) is 4.46. The van der Waals surface area contributed by atoms with Gasteiger partial charge in [-0.15, -0.1) is 0 Å². The highest BCUT2D eigenvalue weighted by atomic mass is 16.5. The van der Waals surface area contributed by atoms with Gasteiger partial charge in [-0.2, -0.15) is 0 Å². The van der Waals surface area contributed by atoms with E-state index in [1.807, 2.05) is 18.2 Å². The summed E-state index contributed by atoms with van der Waals surface area (Å²) in [5.74, 6) is 1.31. The highest BCUT2D eigenvalue weighted by molar-refractivity contribution is 5.93. The van der Waals surface area contributed by atoms with E-state index in [0.29, 0.717) is 11.6 Å². The molecule has 1 atom stereocenters. The molecular weight excluding hydrogens is 290 g/mol. The van der Waals surface area contributed by atoms with Crippen molar-refractivity contribution in [1.29, 1.82) is 0 Å². The van der Waals surface area contributed by atoms with Gasteiger partial charge < -0.3 is 15.4 Å². The van der Waals surface area contributed by atoms with E-state index in [4.69, 9.17) is 10.5 Å². The van der Waals surface area contributed by atoms with Gasteiger partial charge in [-0.25, -0.2) is 4.98 Å². The number of primary amides is 1. The summed E-state index contributed by atoms with van der Waals surface area (Å²) in [6.45, 7) is 0.940. The van der Waals surface area contributed by atoms with Crippen LogP contribution in [0.4, 0.5) is 5.82 Å². The Bertz CT molecular complexity index is 702. The molecular formula is C18H21N3O2. The molecule has 5 heteroatoms. The fourth-order valence-electron chi connectivity index (χ4n) is 3.20. The highest BCUT2D eigenvalue weighted by Crippen LogP contribution is 2.29. The van der Waals surface area contributed by atoms with Crippen LogP contribution < -0.4 is 15.4 Å². The molecule has 5 nitrogen and oxygen atoms in total. The molecule has 0 saturated carbocycles. The molecule has 3 rings (SSSR count). The van der Waals surface area contributed by atoms with Crippen LogP contribution in [0.3, 0.4) is 0 Å². The number of ether oxygens (including phenoxy) is 1. The molecule has 1 aliphatic heterocycles. The van der Waals surface area contributed by atoms with E-state index in [-0.39, 0.29) is 0 Å². The normalized spacial score (nSPS) is 17.3. The molecule has 1 amide bonds. The molecule has 0 bridgehead atoms. The number of carbonyl (C=O) groups is 1. The number of methoxy groups -OCH3 is 1. The molecule has 1 aliphatic rings. The third-order valence-electron chi connectivity index (χ3n) is 4.35. The molecule has 2 N–H and O–H groups in total. The Balaban J connectivity index is 1.83. The van der Waals surface area contributed by atoms with Crippen molar-refractivity contribution in [2.45, 2.75) is 25.3 Å². The second-order valence-corrected chi connectivity index (χ2v) is 5.77. The van der Waals surface area contributed by atoms with Crippen molar-refractivity contribution in [2.24, 2.45) is 5.73 Å². The minimum Gasteiger partial charge on any atom is -0.496 e. The average molecular weight is 311 g/mol. The summed E-state index contributed by atoms with van der Waals surface area (Å²) in [5, 5.41) is 0. The molecule has 23 heavy (non-hydrogen) atoms. The zero-order chi connectivity index (χ0) is 16.2. The number of anilines is 1. The molecule has 0 unspecified atom stereocenters. The summed E-state index contributed by atoms with van der Waals surface area (Å²) in [7, 11) is 1.70. The summed E-state index contributed by atoms with van der Waals surface area (Å²) in [6, 6.07) is 11.9. The number of para-hydroxylation sites is 1. The maximum Gasteiger partial charge on any atom is 0.248 e. The Hall–Kier alpha value is -2.56. The van der Waals surface area contributed by atoms with Crippen molar-refractivity contribution in [1.82, 2.24) is 4.98 Å². The minimum absolute atomic E-state index is 0.349. The first-order chi connectivity index (χ1) is 11.2. The Morgan fingerprint density at radius 3 is 3.00 bits per heavy atom. The van der Waals surface area contributed by atoms with Gasteiger partial charge in [0.15, 0.2) is 0 Å². The first-order valence-electron chi connectivity index (χ1n) is 7.83. The molecule has 2 aromatic rings. The van der Waals surface area contributed by atoms with Crippen molar-refractivity contribution >= 4 is 11.7 Å². The number of carbonyl (C=O) groups excluding carboxylic acids is 1. The Morgan fingerprint density at radius 1 is 1.39 bits per heavy atom. The predicted molar refractivity (Wildman–Crippen MR) is 89.8 cm³/mol. The number of rotatable bonds is 5. The zero-order valence-corrected chi connectivity index (χ0v) is 13.2. The first-order valence-corrected chi connectivity index (χ1v) is 7.83. The van der Waals surface area contributed by atoms with Crippen LogP contribution >= 0.6 is 0 Å². The molecule has 0 radical (unpaired) electrons. The summed E-state index contributed by atoms with van der Waals surface area (Å²) in [4.78, 5) is 18.1.